The van der Waals surface area contributed by atoms with Crippen molar-refractivity contribution < 1.29 is 4.74 Å². The first-order valence-electron chi connectivity index (χ1n) is 6.99. The van der Waals surface area contributed by atoms with E-state index in [0.717, 1.165) is 21.3 Å². The first-order chi connectivity index (χ1) is 10.6. The fraction of sp³-hybridized carbons (Fsp3) is 0.235. The molecule has 0 unspecified atom stereocenters. The quantitative estimate of drug-likeness (QED) is 0.628. The molecule has 0 heterocycles. The van der Waals surface area contributed by atoms with Gasteiger partial charge in [-0.05, 0) is 36.2 Å². The van der Waals surface area contributed by atoms with Gasteiger partial charge in [-0.2, -0.15) is 0 Å². The summed E-state index contributed by atoms with van der Waals surface area (Å²) in [5.74, 6) is 0.394. The number of nitrogens with zero attached hydrogens (tertiary/aromatic N) is 1. The average Bonchev–Trinajstić information content (AvgIpc) is 2.48. The van der Waals surface area contributed by atoms with Crippen molar-refractivity contribution >= 4 is 27.6 Å². The van der Waals surface area contributed by atoms with E-state index in [0.29, 0.717) is 19.1 Å². The van der Waals surface area contributed by atoms with E-state index in [1.165, 1.54) is 5.56 Å². The van der Waals surface area contributed by atoms with Crippen molar-refractivity contribution in [1.82, 2.24) is 0 Å². The number of para-hydroxylation sites is 1. The van der Waals surface area contributed by atoms with Crippen molar-refractivity contribution in [2.24, 2.45) is 10.7 Å². The van der Waals surface area contributed by atoms with Gasteiger partial charge in [-0.3, -0.25) is 0 Å². The number of ether oxygens (including phenoxy) is 1. The summed E-state index contributed by atoms with van der Waals surface area (Å²) in [5.41, 5.74) is 10.3. The van der Waals surface area contributed by atoms with E-state index in [1.807, 2.05) is 30.3 Å². The Morgan fingerprint density at radius 3 is 2.73 bits per heavy atom. The Balaban J connectivity index is 2.07. The number of guanidine groups is 1. The number of halogens is 1. The molecular formula is C17H20BrN3O. The summed E-state index contributed by atoms with van der Waals surface area (Å²) < 4.78 is 6.25. The minimum absolute atomic E-state index is 0.394. The summed E-state index contributed by atoms with van der Waals surface area (Å²) in [7, 11) is 1.67. The highest BCUT2D eigenvalue weighted by molar-refractivity contribution is 9.10. The lowest BCUT2D eigenvalue weighted by atomic mass is 10.1. The molecule has 0 aliphatic rings. The zero-order valence-corrected chi connectivity index (χ0v) is 14.4. The molecule has 22 heavy (non-hydrogen) atoms. The molecule has 4 nitrogen and oxygen atoms in total. The van der Waals surface area contributed by atoms with Crippen LogP contribution in [0.15, 0.2) is 51.9 Å². The summed E-state index contributed by atoms with van der Waals surface area (Å²) in [5, 5.41) is 3.13. The molecule has 2 aromatic rings. The second-order valence-corrected chi connectivity index (χ2v) is 5.90. The van der Waals surface area contributed by atoms with Gasteiger partial charge < -0.3 is 15.8 Å². The van der Waals surface area contributed by atoms with Gasteiger partial charge in [0.25, 0.3) is 0 Å². The molecule has 0 saturated heterocycles. The second kappa shape index (κ2) is 7.96. The molecule has 0 amide bonds. The molecule has 0 bridgehead atoms. The van der Waals surface area contributed by atoms with E-state index >= 15 is 0 Å². The third-order valence-electron chi connectivity index (χ3n) is 3.30. The van der Waals surface area contributed by atoms with Crippen molar-refractivity contribution in [3.8, 4) is 0 Å². The molecule has 0 spiro atoms. The fourth-order valence-electron chi connectivity index (χ4n) is 2.11. The van der Waals surface area contributed by atoms with E-state index < -0.39 is 0 Å². The first kappa shape index (κ1) is 16.5. The summed E-state index contributed by atoms with van der Waals surface area (Å²) in [6.45, 7) is 3.14. The molecule has 0 saturated carbocycles. The van der Waals surface area contributed by atoms with Gasteiger partial charge in [0, 0.05) is 22.8 Å². The van der Waals surface area contributed by atoms with E-state index in [2.05, 4.69) is 45.3 Å². The third-order valence-corrected chi connectivity index (χ3v) is 3.80. The molecule has 2 aromatic carbocycles. The van der Waals surface area contributed by atoms with Crippen LogP contribution in [0.2, 0.25) is 0 Å². The van der Waals surface area contributed by atoms with E-state index in [4.69, 9.17) is 10.5 Å². The largest absolute Gasteiger partial charge is 0.380 e. The Kier molecular flexibility index (Phi) is 5.98. The Morgan fingerprint density at radius 1 is 1.23 bits per heavy atom. The molecule has 5 heteroatoms. The SMILES string of the molecule is COCc1ccccc1NC(N)=NCc1ccc(Br)cc1C. The van der Waals surface area contributed by atoms with E-state index in [9.17, 15) is 0 Å². The number of anilines is 1. The van der Waals surface area contributed by atoms with Crippen LogP contribution in [0.3, 0.4) is 0 Å². The molecule has 3 N–H and O–H groups in total. The molecular weight excluding hydrogens is 342 g/mol. The Bertz CT molecular complexity index is 671. The summed E-state index contributed by atoms with van der Waals surface area (Å²) in [4.78, 5) is 4.41. The normalized spacial score (nSPS) is 11.5. The van der Waals surface area contributed by atoms with Crippen molar-refractivity contribution in [3.05, 3.63) is 63.6 Å². The van der Waals surface area contributed by atoms with Gasteiger partial charge in [0.15, 0.2) is 5.96 Å². The monoisotopic (exact) mass is 361 g/mol. The number of hydrogen-bond acceptors (Lipinski definition) is 2. The van der Waals surface area contributed by atoms with E-state index in [1.54, 1.807) is 7.11 Å². The maximum absolute atomic E-state index is 5.99. The molecule has 0 aliphatic carbocycles. The van der Waals surface area contributed by atoms with Crippen LogP contribution < -0.4 is 11.1 Å². The number of methoxy groups -OCH3 is 1. The van der Waals surface area contributed by atoms with Crippen LogP contribution in [0, 0.1) is 6.92 Å². The number of aryl methyl sites for hydroxylation is 1. The molecule has 0 fully saturated rings. The number of aliphatic imine (C=N–C) groups is 1. The topological polar surface area (TPSA) is 59.6 Å². The molecule has 0 aromatic heterocycles. The van der Waals surface area contributed by atoms with E-state index in [-0.39, 0.29) is 0 Å². The second-order valence-electron chi connectivity index (χ2n) is 4.99. The van der Waals surface area contributed by atoms with Gasteiger partial charge in [-0.25, -0.2) is 4.99 Å². The van der Waals surface area contributed by atoms with Gasteiger partial charge in [0.1, 0.15) is 0 Å². The fourth-order valence-corrected chi connectivity index (χ4v) is 2.58. The molecule has 0 radical (unpaired) electrons. The Morgan fingerprint density at radius 2 is 2.00 bits per heavy atom. The highest BCUT2D eigenvalue weighted by Gasteiger charge is 2.03. The summed E-state index contributed by atoms with van der Waals surface area (Å²) in [6.07, 6.45) is 0. The van der Waals surface area contributed by atoms with Gasteiger partial charge in [-0.15, -0.1) is 0 Å². The lowest BCUT2D eigenvalue weighted by Crippen LogP contribution is -2.23. The van der Waals surface area contributed by atoms with Crippen LogP contribution in [0.25, 0.3) is 0 Å². The predicted octanol–water partition coefficient (Wildman–Crippen LogP) is 3.83. The van der Waals surface area contributed by atoms with Crippen LogP contribution in [0.1, 0.15) is 16.7 Å². The number of nitrogens with two attached hydrogens (primary N) is 1. The summed E-state index contributed by atoms with van der Waals surface area (Å²) >= 11 is 3.46. The highest BCUT2D eigenvalue weighted by atomic mass is 79.9. The van der Waals surface area contributed by atoms with Crippen LogP contribution in [-0.4, -0.2) is 13.1 Å². The Labute approximate surface area is 139 Å². The van der Waals surface area contributed by atoms with Crippen molar-refractivity contribution in [2.45, 2.75) is 20.1 Å². The minimum atomic E-state index is 0.394. The van der Waals surface area contributed by atoms with Crippen LogP contribution in [0.4, 0.5) is 5.69 Å². The number of benzene rings is 2. The average molecular weight is 362 g/mol. The maximum Gasteiger partial charge on any atom is 0.193 e. The molecule has 0 aliphatic heterocycles. The first-order valence-corrected chi connectivity index (χ1v) is 7.78. The number of hydrogen-bond donors (Lipinski definition) is 2. The third kappa shape index (κ3) is 4.58. The zero-order valence-electron chi connectivity index (χ0n) is 12.8. The van der Waals surface area contributed by atoms with Gasteiger partial charge in [0.2, 0.25) is 0 Å². The highest BCUT2D eigenvalue weighted by Crippen LogP contribution is 2.17. The van der Waals surface area contributed by atoms with Gasteiger partial charge in [-0.1, -0.05) is 40.2 Å². The standard InChI is InChI=1S/C17H20BrN3O/c1-12-9-15(18)8-7-13(12)10-20-17(19)21-16-6-4-3-5-14(16)11-22-2/h3-9H,10-11H2,1-2H3,(H3,19,20,21). The summed E-state index contributed by atoms with van der Waals surface area (Å²) in [6, 6.07) is 14.0. The van der Waals surface area contributed by atoms with Gasteiger partial charge >= 0.3 is 0 Å². The zero-order chi connectivity index (χ0) is 15.9. The van der Waals surface area contributed by atoms with Gasteiger partial charge in [0.05, 0.1) is 13.2 Å². The van der Waals surface area contributed by atoms with Crippen molar-refractivity contribution in [3.63, 3.8) is 0 Å². The van der Waals surface area contributed by atoms with Crippen molar-refractivity contribution in [1.29, 1.82) is 0 Å². The van der Waals surface area contributed by atoms with Crippen LogP contribution in [0.5, 0.6) is 0 Å². The smallest absolute Gasteiger partial charge is 0.193 e. The lowest BCUT2D eigenvalue weighted by molar-refractivity contribution is 0.185. The minimum Gasteiger partial charge on any atom is -0.380 e. The van der Waals surface area contributed by atoms with Crippen molar-refractivity contribution in [2.75, 3.05) is 12.4 Å². The Hall–Kier alpha value is -1.85. The van der Waals surface area contributed by atoms with Crippen LogP contribution in [-0.2, 0) is 17.9 Å². The molecule has 116 valence electrons. The number of rotatable bonds is 5. The van der Waals surface area contributed by atoms with Crippen LogP contribution >= 0.6 is 15.9 Å². The maximum atomic E-state index is 5.99. The lowest BCUT2D eigenvalue weighted by Gasteiger charge is -2.11. The molecule has 2 rings (SSSR count). The molecule has 0 atom stereocenters. The predicted molar refractivity (Wildman–Crippen MR) is 95.0 cm³/mol. The number of nitrogens with one attached hydrogen (secondary N) is 1.